The van der Waals surface area contributed by atoms with Gasteiger partial charge in [0.25, 0.3) is 0 Å². The van der Waals surface area contributed by atoms with E-state index in [1.54, 1.807) is 37.5 Å². The highest BCUT2D eigenvalue weighted by Gasteiger charge is 2.34. The molecular weight excluding hydrogens is 528 g/mol. The summed E-state index contributed by atoms with van der Waals surface area (Å²) in [5, 5.41) is 21.8. The van der Waals surface area contributed by atoms with E-state index >= 15 is 4.39 Å². The number of carbonyl (C=O) groups is 1. The number of unbranched alkanes of at least 4 members (excludes halogenated alkanes) is 1. The molecular formula is C32H31F2N3O4. The lowest BCUT2D eigenvalue weighted by molar-refractivity contribution is -0.136. The highest BCUT2D eigenvalue weighted by atomic mass is 19.1. The number of nitrogens with one attached hydrogen (secondary N) is 2. The van der Waals surface area contributed by atoms with Gasteiger partial charge in [0.05, 0.1) is 11.3 Å². The van der Waals surface area contributed by atoms with Crippen molar-refractivity contribution < 1.29 is 28.5 Å². The SMILES string of the molecule is CCCCC(O)(c1cccc(CCC(=O)O)c1)c1c[nH]c(-c2cc(Oc3c(F)cc4[nH]ccc4c3C)ccc2F)n1. The second-order valence-corrected chi connectivity index (χ2v) is 10.2. The van der Waals surface area contributed by atoms with Gasteiger partial charge in [-0.1, -0.05) is 44.0 Å². The van der Waals surface area contributed by atoms with Crippen LogP contribution in [-0.2, 0) is 16.8 Å². The van der Waals surface area contributed by atoms with Crippen LogP contribution in [0.5, 0.6) is 11.5 Å². The van der Waals surface area contributed by atoms with Crippen molar-refractivity contribution in [3.8, 4) is 22.9 Å². The van der Waals surface area contributed by atoms with Gasteiger partial charge in [-0.05, 0) is 55.2 Å². The molecule has 0 aliphatic rings. The molecule has 2 heterocycles. The van der Waals surface area contributed by atoms with Crippen molar-refractivity contribution in [3.05, 3.63) is 101 Å². The number of carboxylic acids is 1. The first-order valence-electron chi connectivity index (χ1n) is 13.5. The Morgan fingerprint density at radius 2 is 1.90 bits per heavy atom. The van der Waals surface area contributed by atoms with Crippen LogP contribution < -0.4 is 4.74 Å². The van der Waals surface area contributed by atoms with Gasteiger partial charge in [-0.3, -0.25) is 4.79 Å². The summed E-state index contributed by atoms with van der Waals surface area (Å²) in [6.07, 6.45) is 5.47. The summed E-state index contributed by atoms with van der Waals surface area (Å²) in [7, 11) is 0. The van der Waals surface area contributed by atoms with Gasteiger partial charge in [-0.15, -0.1) is 0 Å². The van der Waals surface area contributed by atoms with E-state index in [0.717, 1.165) is 17.4 Å². The zero-order valence-electron chi connectivity index (χ0n) is 22.8. The van der Waals surface area contributed by atoms with Crippen molar-refractivity contribution >= 4 is 16.9 Å². The minimum Gasteiger partial charge on any atom is -0.481 e. The molecule has 0 aliphatic carbocycles. The first-order valence-corrected chi connectivity index (χ1v) is 13.5. The van der Waals surface area contributed by atoms with Crippen LogP contribution in [0.2, 0.25) is 0 Å². The maximum absolute atomic E-state index is 15.0. The number of imidazole rings is 1. The summed E-state index contributed by atoms with van der Waals surface area (Å²) >= 11 is 0. The number of hydrogen-bond donors (Lipinski definition) is 4. The topological polar surface area (TPSA) is 111 Å². The molecule has 0 aliphatic heterocycles. The van der Waals surface area contributed by atoms with Crippen LogP contribution in [0.25, 0.3) is 22.3 Å². The molecule has 5 rings (SSSR count). The van der Waals surface area contributed by atoms with E-state index in [-0.39, 0.29) is 29.3 Å². The van der Waals surface area contributed by atoms with Crippen LogP contribution in [0.1, 0.15) is 55.0 Å². The van der Waals surface area contributed by atoms with E-state index in [2.05, 4.69) is 15.0 Å². The Labute approximate surface area is 235 Å². The second-order valence-electron chi connectivity index (χ2n) is 10.2. The molecule has 0 saturated heterocycles. The molecule has 5 aromatic rings. The van der Waals surface area contributed by atoms with Crippen LogP contribution in [0, 0.1) is 18.6 Å². The van der Waals surface area contributed by atoms with E-state index < -0.39 is 23.2 Å². The predicted molar refractivity (Wildman–Crippen MR) is 152 cm³/mol. The van der Waals surface area contributed by atoms with Gasteiger partial charge in [0.15, 0.2) is 11.6 Å². The average molecular weight is 560 g/mol. The maximum atomic E-state index is 15.0. The summed E-state index contributed by atoms with van der Waals surface area (Å²) in [5.41, 5.74) is 1.55. The zero-order valence-corrected chi connectivity index (χ0v) is 22.8. The number of aliphatic hydroxyl groups is 1. The first-order chi connectivity index (χ1) is 19.7. The fourth-order valence-electron chi connectivity index (χ4n) is 5.07. The first kappa shape index (κ1) is 28.0. The third-order valence-electron chi connectivity index (χ3n) is 7.35. The van der Waals surface area contributed by atoms with Crippen molar-refractivity contribution in [1.29, 1.82) is 0 Å². The number of aromatic nitrogens is 3. The second kappa shape index (κ2) is 11.5. The lowest BCUT2D eigenvalue weighted by Crippen LogP contribution is -2.28. The van der Waals surface area contributed by atoms with Crippen molar-refractivity contribution in [2.45, 2.75) is 51.6 Å². The number of rotatable bonds is 11. The number of aliphatic carboxylic acids is 1. The van der Waals surface area contributed by atoms with E-state index in [0.29, 0.717) is 41.6 Å². The van der Waals surface area contributed by atoms with Gasteiger partial charge in [0.2, 0.25) is 0 Å². The molecule has 212 valence electrons. The van der Waals surface area contributed by atoms with Gasteiger partial charge in [0.1, 0.15) is 23.0 Å². The number of ether oxygens (including phenoxy) is 1. The Morgan fingerprint density at radius 3 is 2.68 bits per heavy atom. The van der Waals surface area contributed by atoms with Crippen molar-refractivity contribution in [3.63, 3.8) is 0 Å². The fraction of sp³-hybridized carbons (Fsp3) is 0.250. The molecule has 0 bridgehead atoms. The molecule has 2 aromatic heterocycles. The average Bonchev–Trinajstić information content (AvgIpc) is 3.64. The van der Waals surface area contributed by atoms with E-state index in [1.165, 1.54) is 24.3 Å². The fourth-order valence-corrected chi connectivity index (χ4v) is 5.07. The third kappa shape index (κ3) is 5.71. The summed E-state index contributed by atoms with van der Waals surface area (Å²) in [5.74, 6) is -1.56. The standard InChI is InChI=1S/C32H31F2N3O4/c1-3-4-13-32(40,21-7-5-6-20(15-21)8-11-29(38)39)28-18-36-31(37-28)24-16-22(9-10-25(24)33)41-30-19(2)23-12-14-35-27(23)17-26(30)34/h5-7,9-10,12,14-18,35,40H,3-4,8,11,13H2,1-2H3,(H,36,37)(H,38,39). The lowest BCUT2D eigenvalue weighted by atomic mass is 9.85. The molecule has 41 heavy (non-hydrogen) atoms. The van der Waals surface area contributed by atoms with Gasteiger partial charge >= 0.3 is 5.97 Å². The number of halogens is 2. The van der Waals surface area contributed by atoms with Crippen molar-refractivity contribution in [1.82, 2.24) is 15.0 Å². The Hall–Kier alpha value is -4.50. The predicted octanol–water partition coefficient (Wildman–Crippen LogP) is 7.38. The van der Waals surface area contributed by atoms with Gasteiger partial charge in [0, 0.05) is 41.3 Å². The van der Waals surface area contributed by atoms with E-state index in [4.69, 9.17) is 9.84 Å². The molecule has 1 unspecified atom stereocenters. The summed E-state index contributed by atoms with van der Waals surface area (Å²) in [6.45, 7) is 3.77. The lowest BCUT2D eigenvalue weighted by Gasteiger charge is -2.27. The number of nitrogens with zero attached hydrogens (tertiary/aromatic N) is 1. The Balaban J connectivity index is 1.48. The van der Waals surface area contributed by atoms with Crippen LogP contribution in [0.4, 0.5) is 8.78 Å². The molecule has 4 N–H and O–H groups in total. The Morgan fingerprint density at radius 1 is 1.07 bits per heavy atom. The highest BCUT2D eigenvalue weighted by molar-refractivity contribution is 5.85. The Bertz CT molecular complexity index is 1710. The highest BCUT2D eigenvalue weighted by Crippen LogP contribution is 2.38. The number of aryl methyl sites for hydroxylation is 2. The monoisotopic (exact) mass is 559 g/mol. The van der Waals surface area contributed by atoms with Crippen molar-refractivity contribution in [2.24, 2.45) is 0 Å². The van der Waals surface area contributed by atoms with E-state index in [9.17, 15) is 14.3 Å². The smallest absolute Gasteiger partial charge is 0.303 e. The van der Waals surface area contributed by atoms with Crippen molar-refractivity contribution in [2.75, 3.05) is 0 Å². The Kier molecular flexibility index (Phi) is 7.90. The van der Waals surface area contributed by atoms with Gasteiger partial charge < -0.3 is 24.9 Å². The molecule has 0 spiro atoms. The molecule has 3 aromatic carbocycles. The number of fused-ring (bicyclic) bond motifs is 1. The molecule has 0 saturated carbocycles. The summed E-state index contributed by atoms with van der Waals surface area (Å²) in [4.78, 5) is 21.6. The quantitative estimate of drug-likeness (QED) is 0.135. The molecule has 0 radical (unpaired) electrons. The molecule has 0 amide bonds. The van der Waals surface area contributed by atoms with Crippen LogP contribution >= 0.6 is 0 Å². The van der Waals surface area contributed by atoms with Gasteiger partial charge in [-0.25, -0.2) is 13.8 Å². The largest absolute Gasteiger partial charge is 0.481 e. The molecule has 7 nitrogen and oxygen atoms in total. The summed E-state index contributed by atoms with van der Waals surface area (Å²) < 4.78 is 35.8. The number of benzene rings is 3. The summed E-state index contributed by atoms with van der Waals surface area (Å²) in [6, 6.07) is 14.4. The van der Waals surface area contributed by atoms with Crippen LogP contribution in [0.3, 0.4) is 0 Å². The maximum Gasteiger partial charge on any atom is 0.303 e. The van der Waals surface area contributed by atoms with Gasteiger partial charge in [-0.2, -0.15) is 0 Å². The van der Waals surface area contributed by atoms with E-state index in [1.807, 2.05) is 19.1 Å². The van der Waals surface area contributed by atoms with Crippen LogP contribution in [0.15, 0.2) is 67.0 Å². The number of H-pyrrole nitrogens is 2. The molecule has 1 atom stereocenters. The molecule has 9 heteroatoms. The third-order valence-corrected chi connectivity index (χ3v) is 7.35. The zero-order chi connectivity index (χ0) is 29.1. The normalized spacial score (nSPS) is 12.9. The number of carboxylic acid groups (broad SMARTS) is 1. The number of hydrogen-bond acceptors (Lipinski definition) is 4. The van der Waals surface area contributed by atoms with Crippen LogP contribution in [-0.4, -0.2) is 31.1 Å². The minimum absolute atomic E-state index is 0.0243. The number of aromatic amines is 2. The minimum atomic E-state index is -1.49. The molecule has 0 fully saturated rings.